The van der Waals surface area contributed by atoms with Gasteiger partial charge in [0.05, 0.1) is 12.1 Å². The third-order valence-electron chi connectivity index (χ3n) is 6.31. The Morgan fingerprint density at radius 2 is 2.03 bits per heavy atom. The molecule has 1 aliphatic heterocycles. The van der Waals surface area contributed by atoms with Gasteiger partial charge in [0.2, 0.25) is 0 Å². The number of nitrogens with zero attached hydrogens (tertiary/aromatic N) is 2. The van der Waals surface area contributed by atoms with Crippen LogP contribution in [-0.4, -0.2) is 23.2 Å². The summed E-state index contributed by atoms with van der Waals surface area (Å²) in [6.07, 6.45) is 4.10. The third-order valence-corrected chi connectivity index (χ3v) is 6.31. The maximum atomic E-state index is 12.9. The highest BCUT2D eigenvalue weighted by atomic mass is 16.5. The fourth-order valence-corrected chi connectivity index (χ4v) is 4.39. The van der Waals surface area contributed by atoms with Gasteiger partial charge in [-0.1, -0.05) is 36.4 Å². The molecule has 1 saturated heterocycles. The fraction of sp³-hybridized carbons (Fsp3) is 0.333. The van der Waals surface area contributed by atoms with E-state index in [0.29, 0.717) is 0 Å². The molecule has 1 fully saturated rings. The third kappa shape index (κ3) is 4.61. The van der Waals surface area contributed by atoms with E-state index in [0.717, 1.165) is 59.3 Å². The Bertz CT molecular complexity index is 1210. The van der Waals surface area contributed by atoms with E-state index in [1.165, 1.54) is 0 Å². The molecular weight excluding hydrogens is 398 g/mol. The van der Waals surface area contributed by atoms with Crippen LogP contribution in [0.2, 0.25) is 0 Å². The summed E-state index contributed by atoms with van der Waals surface area (Å²) in [5.41, 5.74) is 4.15. The first-order chi connectivity index (χ1) is 15.5. The van der Waals surface area contributed by atoms with Gasteiger partial charge >= 0.3 is 0 Å². The molecule has 5 nitrogen and oxygen atoms in total. The average molecular weight is 428 g/mol. The Hall–Kier alpha value is -3.36. The minimum Gasteiger partial charge on any atom is -0.376 e. The molecule has 1 N–H and O–H groups in total. The Morgan fingerprint density at radius 1 is 1.25 bits per heavy atom. The number of rotatable bonds is 6. The topological polar surface area (TPSA) is 67.0 Å². The van der Waals surface area contributed by atoms with E-state index < -0.39 is 0 Å². The fourth-order valence-electron chi connectivity index (χ4n) is 4.39. The van der Waals surface area contributed by atoms with Crippen LogP contribution in [0.25, 0.3) is 16.8 Å². The molecule has 1 aromatic heterocycles. The number of amides is 1. The molecule has 2 unspecified atom stereocenters. The van der Waals surface area contributed by atoms with E-state index in [9.17, 15) is 10.1 Å². The molecule has 0 saturated carbocycles. The van der Waals surface area contributed by atoms with Crippen molar-refractivity contribution in [2.75, 3.05) is 6.61 Å². The van der Waals surface area contributed by atoms with Gasteiger partial charge in [0.15, 0.2) is 0 Å². The van der Waals surface area contributed by atoms with Crippen molar-refractivity contribution in [3.63, 3.8) is 0 Å². The van der Waals surface area contributed by atoms with Crippen molar-refractivity contribution in [2.45, 2.75) is 52.3 Å². The molecule has 2 heterocycles. The molecule has 0 bridgehead atoms. The van der Waals surface area contributed by atoms with Gasteiger partial charge in [-0.15, -0.1) is 0 Å². The zero-order chi connectivity index (χ0) is 22.7. The number of hydrogen-bond acceptors (Lipinski definition) is 3. The van der Waals surface area contributed by atoms with E-state index in [2.05, 4.69) is 40.2 Å². The Kier molecular flexibility index (Phi) is 6.43. The Labute approximate surface area is 189 Å². The van der Waals surface area contributed by atoms with Crippen molar-refractivity contribution in [1.82, 2.24) is 9.88 Å². The maximum absolute atomic E-state index is 12.9. The molecule has 1 aliphatic rings. The van der Waals surface area contributed by atoms with Crippen LogP contribution in [0, 0.1) is 25.2 Å². The summed E-state index contributed by atoms with van der Waals surface area (Å²) >= 11 is 0. The second kappa shape index (κ2) is 9.42. The number of aromatic nitrogens is 1. The highest BCUT2D eigenvalue weighted by Crippen LogP contribution is 2.23. The normalized spacial score (nSPS) is 17.3. The van der Waals surface area contributed by atoms with Crippen molar-refractivity contribution in [1.29, 1.82) is 5.26 Å². The molecule has 3 aromatic rings. The van der Waals surface area contributed by atoms with Gasteiger partial charge in [0, 0.05) is 24.5 Å². The van der Waals surface area contributed by atoms with Crippen LogP contribution in [0.15, 0.2) is 54.1 Å². The second-order valence-corrected chi connectivity index (χ2v) is 8.54. The summed E-state index contributed by atoms with van der Waals surface area (Å²) in [6, 6.07) is 18.2. The lowest BCUT2D eigenvalue weighted by Crippen LogP contribution is -2.27. The summed E-state index contributed by atoms with van der Waals surface area (Å²) in [6.45, 7) is 7.64. The number of aryl methyl sites for hydroxylation is 1. The zero-order valence-corrected chi connectivity index (χ0v) is 18.9. The van der Waals surface area contributed by atoms with Crippen molar-refractivity contribution < 1.29 is 9.53 Å². The van der Waals surface area contributed by atoms with Gasteiger partial charge in [0.25, 0.3) is 5.91 Å². The molecule has 32 heavy (non-hydrogen) atoms. The molecule has 2 atom stereocenters. The van der Waals surface area contributed by atoms with Gasteiger partial charge in [-0.3, -0.25) is 4.79 Å². The molecular formula is C27H29N3O2. The molecule has 5 heteroatoms. The van der Waals surface area contributed by atoms with Crippen molar-refractivity contribution >= 4 is 22.8 Å². The first-order valence-corrected chi connectivity index (χ1v) is 11.2. The molecule has 0 spiro atoms. The van der Waals surface area contributed by atoms with Crippen molar-refractivity contribution in [2.24, 2.45) is 0 Å². The SMILES string of the molecule is Cc1cc(/C=C(\C#N)C(=O)NC(C)c2ccc3ccccc3c2)c(C)n1CC1CCCO1. The Balaban J connectivity index is 1.51. The lowest BCUT2D eigenvalue weighted by Gasteiger charge is -2.15. The van der Waals surface area contributed by atoms with Crippen molar-refractivity contribution in [3.05, 3.63) is 76.6 Å². The summed E-state index contributed by atoms with van der Waals surface area (Å²) in [5, 5.41) is 14.9. The van der Waals surface area contributed by atoms with Crippen LogP contribution in [0.1, 0.15) is 48.3 Å². The number of benzene rings is 2. The number of ether oxygens (including phenoxy) is 1. The first-order valence-electron chi connectivity index (χ1n) is 11.2. The summed E-state index contributed by atoms with van der Waals surface area (Å²) in [7, 11) is 0. The predicted octanol–water partition coefficient (Wildman–Crippen LogP) is 5.22. The zero-order valence-electron chi connectivity index (χ0n) is 18.9. The number of carbonyl (C=O) groups excluding carboxylic acids is 1. The van der Waals surface area contributed by atoms with Gasteiger partial charge in [0.1, 0.15) is 11.6 Å². The number of carbonyl (C=O) groups is 1. The maximum Gasteiger partial charge on any atom is 0.262 e. The van der Waals surface area contributed by atoms with Crippen LogP contribution >= 0.6 is 0 Å². The molecule has 2 aromatic carbocycles. The van der Waals surface area contributed by atoms with Crippen molar-refractivity contribution in [3.8, 4) is 6.07 Å². The highest BCUT2D eigenvalue weighted by molar-refractivity contribution is 6.02. The van der Waals surface area contributed by atoms with E-state index >= 15 is 0 Å². The second-order valence-electron chi connectivity index (χ2n) is 8.54. The average Bonchev–Trinajstić information content (AvgIpc) is 3.40. The summed E-state index contributed by atoms with van der Waals surface area (Å²) in [4.78, 5) is 12.9. The van der Waals surface area contributed by atoms with Crippen LogP contribution < -0.4 is 5.32 Å². The lowest BCUT2D eigenvalue weighted by atomic mass is 10.0. The number of hydrogen-bond donors (Lipinski definition) is 1. The van der Waals surface area contributed by atoms with Gasteiger partial charge in [-0.2, -0.15) is 5.26 Å². The quantitative estimate of drug-likeness (QED) is 0.433. The van der Waals surface area contributed by atoms with Crippen LogP contribution in [-0.2, 0) is 16.1 Å². The van der Waals surface area contributed by atoms with Crippen LogP contribution in [0.3, 0.4) is 0 Å². The molecule has 164 valence electrons. The van der Waals surface area contributed by atoms with Gasteiger partial charge < -0.3 is 14.6 Å². The number of fused-ring (bicyclic) bond motifs is 1. The van der Waals surface area contributed by atoms with E-state index in [1.807, 2.05) is 45.0 Å². The van der Waals surface area contributed by atoms with Crippen LogP contribution in [0.4, 0.5) is 0 Å². The number of nitriles is 1. The monoisotopic (exact) mass is 427 g/mol. The molecule has 0 radical (unpaired) electrons. The minimum absolute atomic E-state index is 0.106. The number of nitrogens with one attached hydrogen (secondary N) is 1. The molecule has 4 rings (SSSR count). The summed E-state index contributed by atoms with van der Waals surface area (Å²) in [5.74, 6) is -0.364. The Morgan fingerprint density at radius 3 is 2.75 bits per heavy atom. The molecule has 1 amide bonds. The standard InChI is InChI=1S/C27H29N3O2/c1-18-13-24(20(3)30(18)17-26-9-6-12-32-26)15-25(16-28)27(31)29-19(2)22-11-10-21-7-4-5-8-23(21)14-22/h4-5,7-8,10-11,13-15,19,26H,6,9,12,17H2,1-3H3,(H,29,31)/b25-15+. The smallest absolute Gasteiger partial charge is 0.262 e. The lowest BCUT2D eigenvalue weighted by molar-refractivity contribution is -0.117. The molecule has 0 aliphatic carbocycles. The van der Waals surface area contributed by atoms with E-state index in [1.54, 1.807) is 6.08 Å². The van der Waals surface area contributed by atoms with Crippen LogP contribution in [0.5, 0.6) is 0 Å². The summed E-state index contributed by atoms with van der Waals surface area (Å²) < 4.78 is 7.99. The minimum atomic E-state index is -0.364. The highest BCUT2D eigenvalue weighted by Gasteiger charge is 2.20. The van der Waals surface area contributed by atoms with Gasteiger partial charge in [-0.25, -0.2) is 0 Å². The van der Waals surface area contributed by atoms with E-state index in [4.69, 9.17) is 4.74 Å². The van der Waals surface area contributed by atoms with Gasteiger partial charge in [-0.05, 0) is 73.7 Å². The van der Waals surface area contributed by atoms with E-state index in [-0.39, 0.29) is 23.6 Å². The first kappa shape index (κ1) is 21.9. The largest absolute Gasteiger partial charge is 0.376 e. The predicted molar refractivity (Wildman–Crippen MR) is 127 cm³/mol.